The second kappa shape index (κ2) is 9.35. The van der Waals surface area contributed by atoms with Crippen molar-refractivity contribution in [3.05, 3.63) is 59.0 Å². The summed E-state index contributed by atoms with van der Waals surface area (Å²) >= 11 is 0. The van der Waals surface area contributed by atoms with Gasteiger partial charge in [-0.15, -0.1) is 0 Å². The van der Waals surface area contributed by atoms with Crippen LogP contribution >= 0.6 is 0 Å². The Labute approximate surface area is 186 Å². The van der Waals surface area contributed by atoms with Gasteiger partial charge in [-0.1, -0.05) is 12.1 Å². The summed E-state index contributed by atoms with van der Waals surface area (Å²) < 4.78 is 59.9. The molecule has 0 unspecified atom stereocenters. The summed E-state index contributed by atoms with van der Waals surface area (Å²) in [4.78, 5) is 8.61. The van der Waals surface area contributed by atoms with Crippen LogP contribution in [0.2, 0.25) is 0 Å². The van der Waals surface area contributed by atoms with E-state index in [9.17, 15) is 17.6 Å². The zero-order valence-electron chi connectivity index (χ0n) is 18.3. The van der Waals surface area contributed by atoms with Crippen molar-refractivity contribution in [3.8, 4) is 0 Å². The van der Waals surface area contributed by atoms with Gasteiger partial charge in [-0.25, -0.2) is 9.37 Å². The van der Waals surface area contributed by atoms with Crippen molar-refractivity contribution in [2.45, 2.75) is 43.9 Å². The van der Waals surface area contributed by atoms with E-state index in [1.54, 1.807) is 12.1 Å². The molecule has 0 saturated carbocycles. The molecule has 0 N–H and O–H groups in total. The molecule has 2 aliphatic rings. The number of halogens is 4. The molecule has 0 radical (unpaired) electrons. The van der Waals surface area contributed by atoms with E-state index in [1.807, 2.05) is 4.90 Å². The van der Waals surface area contributed by atoms with Gasteiger partial charge in [0, 0.05) is 18.5 Å². The zero-order chi connectivity index (χ0) is 22.8. The Hall–Kier alpha value is -2.19. The monoisotopic (exact) mass is 451 g/mol. The molecule has 0 bridgehead atoms. The lowest BCUT2D eigenvalue weighted by atomic mass is 9.73. The maximum atomic E-state index is 13.5. The molecule has 1 aromatic heterocycles. The third-order valence-corrected chi connectivity index (χ3v) is 6.65. The number of nitrogens with zero attached hydrogens (tertiary/aromatic N) is 3. The Balaban J connectivity index is 1.52. The molecule has 174 valence electrons. The van der Waals surface area contributed by atoms with Crippen LogP contribution in [0.1, 0.15) is 42.5 Å². The van der Waals surface area contributed by atoms with Crippen LogP contribution < -0.4 is 4.90 Å². The number of benzene rings is 1. The van der Waals surface area contributed by atoms with E-state index in [0.717, 1.165) is 69.6 Å². The number of hydrogen-bond acceptors (Lipinski definition) is 4. The minimum Gasteiger partial charge on any atom is -0.374 e. The summed E-state index contributed by atoms with van der Waals surface area (Å²) in [5.74, 6) is 0.0730. The first-order chi connectivity index (χ1) is 15.2. The van der Waals surface area contributed by atoms with Gasteiger partial charge in [-0.2, -0.15) is 13.2 Å². The topological polar surface area (TPSA) is 28.6 Å². The summed E-state index contributed by atoms with van der Waals surface area (Å²) in [5, 5.41) is 0. The van der Waals surface area contributed by atoms with E-state index in [0.29, 0.717) is 12.4 Å². The van der Waals surface area contributed by atoms with Crippen molar-refractivity contribution in [3.63, 3.8) is 0 Å². The van der Waals surface area contributed by atoms with Gasteiger partial charge >= 0.3 is 6.18 Å². The van der Waals surface area contributed by atoms with E-state index < -0.39 is 11.7 Å². The zero-order valence-corrected chi connectivity index (χ0v) is 18.3. The van der Waals surface area contributed by atoms with Crippen LogP contribution in [0.25, 0.3) is 0 Å². The van der Waals surface area contributed by atoms with E-state index in [-0.39, 0.29) is 23.5 Å². The first-order valence-electron chi connectivity index (χ1n) is 11.1. The van der Waals surface area contributed by atoms with Crippen molar-refractivity contribution in [1.82, 2.24) is 9.88 Å². The highest BCUT2D eigenvalue weighted by atomic mass is 19.4. The molecule has 2 fully saturated rings. The average molecular weight is 452 g/mol. The van der Waals surface area contributed by atoms with Crippen molar-refractivity contribution in [1.29, 1.82) is 0 Å². The standard InChI is InChI=1S/C24H29F4N3O/c1-30-12-8-23(9-13-30,18-4-6-20(25)7-5-18)17-32-16-21-14-19(24(26,27)28)15-22(29-21)31-10-2-3-11-31/h4-7,14-15H,2-3,8-13,16-17H2,1H3. The normalized spacial score (nSPS) is 19.5. The van der Waals surface area contributed by atoms with Gasteiger partial charge in [0.15, 0.2) is 0 Å². The largest absolute Gasteiger partial charge is 0.416 e. The van der Waals surface area contributed by atoms with E-state index in [2.05, 4.69) is 16.9 Å². The molecule has 0 spiro atoms. The number of rotatable bonds is 6. The molecule has 0 aliphatic carbocycles. The number of hydrogen-bond donors (Lipinski definition) is 0. The second-order valence-corrected chi connectivity index (χ2v) is 8.98. The van der Waals surface area contributed by atoms with Crippen LogP contribution in [0.5, 0.6) is 0 Å². The first-order valence-corrected chi connectivity index (χ1v) is 11.1. The van der Waals surface area contributed by atoms with Gasteiger partial charge in [0.25, 0.3) is 0 Å². The first kappa shape index (κ1) is 23.0. The number of pyridine rings is 1. The van der Waals surface area contributed by atoms with Gasteiger partial charge in [-0.05, 0) is 75.6 Å². The Morgan fingerprint density at radius 2 is 1.66 bits per heavy atom. The molecule has 4 rings (SSSR count). The molecule has 8 heteroatoms. The third kappa shape index (κ3) is 5.23. The Bertz CT molecular complexity index is 902. The fourth-order valence-corrected chi connectivity index (χ4v) is 4.64. The van der Waals surface area contributed by atoms with Gasteiger partial charge < -0.3 is 14.5 Å². The van der Waals surface area contributed by atoms with E-state index in [4.69, 9.17) is 4.74 Å². The van der Waals surface area contributed by atoms with Crippen LogP contribution in [0.4, 0.5) is 23.4 Å². The Morgan fingerprint density at radius 3 is 2.28 bits per heavy atom. The van der Waals surface area contributed by atoms with Crippen LogP contribution in [0, 0.1) is 5.82 Å². The Kier molecular flexibility index (Phi) is 6.72. The fourth-order valence-electron chi connectivity index (χ4n) is 4.64. The highest BCUT2D eigenvalue weighted by Gasteiger charge is 2.36. The van der Waals surface area contributed by atoms with Crippen molar-refractivity contribution in [2.24, 2.45) is 0 Å². The summed E-state index contributed by atoms with van der Waals surface area (Å²) in [6.07, 6.45) is -0.847. The number of likely N-dealkylation sites (tertiary alicyclic amines) is 1. The predicted molar refractivity (Wildman–Crippen MR) is 115 cm³/mol. The molecule has 2 aromatic rings. The highest BCUT2D eigenvalue weighted by molar-refractivity contribution is 5.44. The number of piperidine rings is 1. The molecule has 4 nitrogen and oxygen atoms in total. The van der Waals surface area contributed by atoms with Gasteiger partial charge in [-0.3, -0.25) is 0 Å². The van der Waals surface area contributed by atoms with Crippen molar-refractivity contribution >= 4 is 5.82 Å². The molecular formula is C24H29F4N3O. The van der Waals surface area contributed by atoms with Crippen molar-refractivity contribution in [2.75, 3.05) is 44.7 Å². The van der Waals surface area contributed by atoms with E-state index >= 15 is 0 Å². The summed E-state index contributed by atoms with van der Waals surface area (Å²) in [7, 11) is 2.06. The Morgan fingerprint density at radius 1 is 1.00 bits per heavy atom. The van der Waals surface area contributed by atoms with Crippen LogP contribution in [0.3, 0.4) is 0 Å². The molecular weight excluding hydrogens is 422 g/mol. The maximum Gasteiger partial charge on any atom is 0.416 e. The number of ether oxygens (including phenoxy) is 1. The summed E-state index contributed by atoms with van der Waals surface area (Å²) in [6.45, 7) is 3.54. The number of aromatic nitrogens is 1. The molecule has 2 saturated heterocycles. The molecule has 2 aliphatic heterocycles. The quantitative estimate of drug-likeness (QED) is 0.577. The van der Waals surface area contributed by atoms with Gasteiger partial charge in [0.05, 0.1) is 24.5 Å². The fraction of sp³-hybridized carbons (Fsp3) is 0.542. The van der Waals surface area contributed by atoms with Crippen LogP contribution in [-0.2, 0) is 22.9 Å². The molecule has 0 atom stereocenters. The molecule has 0 amide bonds. The predicted octanol–water partition coefficient (Wildman–Crippen LogP) is 5.02. The molecule has 32 heavy (non-hydrogen) atoms. The smallest absolute Gasteiger partial charge is 0.374 e. The van der Waals surface area contributed by atoms with Gasteiger partial charge in [0.2, 0.25) is 0 Å². The highest BCUT2D eigenvalue weighted by Crippen LogP contribution is 2.37. The minimum absolute atomic E-state index is 0.00352. The molecule has 1 aromatic carbocycles. The van der Waals surface area contributed by atoms with Gasteiger partial charge in [0.1, 0.15) is 11.6 Å². The minimum atomic E-state index is -4.44. The molecule has 3 heterocycles. The summed E-state index contributed by atoms with van der Waals surface area (Å²) in [6, 6.07) is 8.69. The summed E-state index contributed by atoms with van der Waals surface area (Å²) in [5.41, 5.74) is 0.297. The lowest BCUT2D eigenvalue weighted by molar-refractivity contribution is -0.137. The average Bonchev–Trinajstić information content (AvgIpc) is 3.30. The lowest BCUT2D eigenvalue weighted by Crippen LogP contribution is -2.43. The van der Waals surface area contributed by atoms with Crippen LogP contribution in [-0.4, -0.2) is 49.7 Å². The van der Waals surface area contributed by atoms with E-state index in [1.165, 1.54) is 12.1 Å². The number of alkyl halides is 3. The third-order valence-electron chi connectivity index (χ3n) is 6.65. The lowest BCUT2D eigenvalue weighted by Gasteiger charge is -2.41. The number of anilines is 1. The van der Waals surface area contributed by atoms with Crippen molar-refractivity contribution < 1.29 is 22.3 Å². The SMILES string of the molecule is CN1CCC(COCc2cc(C(F)(F)F)cc(N3CCCC3)n2)(c2ccc(F)cc2)CC1. The second-order valence-electron chi connectivity index (χ2n) is 8.98. The maximum absolute atomic E-state index is 13.5. The van der Waals surface area contributed by atoms with Crippen LogP contribution in [0.15, 0.2) is 36.4 Å².